The van der Waals surface area contributed by atoms with Gasteiger partial charge in [0.1, 0.15) is 5.75 Å². The maximum absolute atomic E-state index is 13.4. The molecule has 2 aliphatic rings. The third kappa shape index (κ3) is 4.10. The van der Waals surface area contributed by atoms with Gasteiger partial charge in [0.05, 0.1) is 30.0 Å². The van der Waals surface area contributed by atoms with Gasteiger partial charge in [-0.2, -0.15) is 5.10 Å². The molecule has 0 radical (unpaired) electrons. The van der Waals surface area contributed by atoms with E-state index >= 15 is 0 Å². The van der Waals surface area contributed by atoms with Crippen LogP contribution in [0.25, 0.3) is 10.9 Å². The lowest BCUT2D eigenvalue weighted by molar-refractivity contribution is 0.0342. The fourth-order valence-corrected chi connectivity index (χ4v) is 4.70. The van der Waals surface area contributed by atoms with Gasteiger partial charge in [0.2, 0.25) is 0 Å². The van der Waals surface area contributed by atoms with Crippen LogP contribution in [0.2, 0.25) is 0 Å². The Bertz CT molecular complexity index is 1150. The molecule has 32 heavy (non-hydrogen) atoms. The molecule has 2 aromatic carbocycles. The summed E-state index contributed by atoms with van der Waals surface area (Å²) in [5.41, 5.74) is 5.65. The molecule has 0 bridgehead atoms. The van der Waals surface area contributed by atoms with Gasteiger partial charge < -0.3 is 14.7 Å². The van der Waals surface area contributed by atoms with Crippen LogP contribution < -0.4 is 0 Å². The van der Waals surface area contributed by atoms with Gasteiger partial charge in [0.25, 0.3) is 5.91 Å². The Hall–Kier alpha value is -2.90. The number of aromatic amines is 1. The van der Waals surface area contributed by atoms with Gasteiger partial charge in [0.15, 0.2) is 0 Å². The molecule has 3 aromatic rings. The molecule has 7 heteroatoms. The average Bonchev–Trinajstić information content (AvgIpc) is 3.36. The standard InChI is InChI=1S/C25H30N4O3/c1-16(2)9-22-20-11-21(24(30)12-23(20)27-26-22)25(31)29-14-18-4-3-17(10-19(18)15-29)13-28-5-7-32-8-6-28/h3-4,10-12,16,30H,5-9,13-15H2,1-2H3,(H,26,27). The van der Waals surface area contributed by atoms with Crippen molar-refractivity contribution in [3.05, 3.63) is 58.3 Å². The molecular weight excluding hydrogens is 404 g/mol. The molecule has 1 fully saturated rings. The molecule has 1 saturated heterocycles. The van der Waals surface area contributed by atoms with Crippen LogP contribution in [0.3, 0.4) is 0 Å². The van der Waals surface area contributed by atoms with E-state index in [1.165, 1.54) is 16.7 Å². The van der Waals surface area contributed by atoms with Crippen LogP contribution in [0.1, 0.15) is 46.6 Å². The average molecular weight is 435 g/mol. The highest BCUT2D eigenvalue weighted by atomic mass is 16.5. The number of phenolic OH excluding ortho intramolecular Hbond substituents is 1. The number of rotatable bonds is 5. The molecule has 0 saturated carbocycles. The Morgan fingerprint density at radius 3 is 2.72 bits per heavy atom. The van der Waals surface area contributed by atoms with Crippen LogP contribution in [-0.4, -0.2) is 57.3 Å². The number of hydrogen-bond donors (Lipinski definition) is 2. The molecule has 7 nitrogen and oxygen atoms in total. The lowest BCUT2D eigenvalue weighted by atomic mass is 10.0. The van der Waals surface area contributed by atoms with Crippen molar-refractivity contribution >= 4 is 16.8 Å². The first kappa shape index (κ1) is 21.0. The quantitative estimate of drug-likeness (QED) is 0.643. The topological polar surface area (TPSA) is 81.7 Å². The Kier molecular flexibility index (Phi) is 5.61. The maximum Gasteiger partial charge on any atom is 0.258 e. The summed E-state index contributed by atoms with van der Waals surface area (Å²) >= 11 is 0. The molecule has 0 aliphatic carbocycles. The number of aromatic hydroxyl groups is 1. The zero-order chi connectivity index (χ0) is 22.2. The summed E-state index contributed by atoms with van der Waals surface area (Å²) in [5, 5.41) is 18.8. The number of carbonyl (C=O) groups is 1. The van der Waals surface area contributed by atoms with Crippen LogP contribution in [0.5, 0.6) is 5.75 Å². The zero-order valence-electron chi connectivity index (χ0n) is 18.7. The molecule has 1 aromatic heterocycles. The third-order valence-corrected chi connectivity index (χ3v) is 6.38. The van der Waals surface area contributed by atoms with Crippen LogP contribution >= 0.6 is 0 Å². The van der Waals surface area contributed by atoms with Crippen molar-refractivity contribution in [2.24, 2.45) is 5.92 Å². The second kappa shape index (κ2) is 8.56. The van der Waals surface area contributed by atoms with Crippen LogP contribution in [-0.2, 0) is 30.8 Å². The highest BCUT2D eigenvalue weighted by Gasteiger charge is 2.27. The van der Waals surface area contributed by atoms with E-state index in [1.807, 2.05) is 4.90 Å². The normalized spacial score (nSPS) is 16.8. The number of aromatic nitrogens is 2. The molecule has 2 N–H and O–H groups in total. The second-order valence-electron chi connectivity index (χ2n) is 9.34. The van der Waals surface area contributed by atoms with Crippen molar-refractivity contribution in [1.82, 2.24) is 20.0 Å². The number of phenols is 1. The third-order valence-electron chi connectivity index (χ3n) is 6.38. The summed E-state index contributed by atoms with van der Waals surface area (Å²) in [7, 11) is 0. The lowest BCUT2D eigenvalue weighted by Gasteiger charge is -2.26. The summed E-state index contributed by atoms with van der Waals surface area (Å²) in [6.45, 7) is 9.80. The minimum atomic E-state index is -0.146. The van der Waals surface area contributed by atoms with Gasteiger partial charge in [0, 0.05) is 44.2 Å². The minimum absolute atomic E-state index is 0.00814. The van der Waals surface area contributed by atoms with Gasteiger partial charge in [-0.05, 0) is 35.1 Å². The molecular formula is C25H30N4O3. The zero-order valence-corrected chi connectivity index (χ0v) is 18.7. The van der Waals surface area contributed by atoms with E-state index in [4.69, 9.17) is 4.74 Å². The number of fused-ring (bicyclic) bond motifs is 2. The van der Waals surface area contributed by atoms with E-state index in [-0.39, 0.29) is 11.7 Å². The molecule has 0 unspecified atom stereocenters. The van der Waals surface area contributed by atoms with Gasteiger partial charge in [-0.3, -0.25) is 14.8 Å². The van der Waals surface area contributed by atoms with Gasteiger partial charge >= 0.3 is 0 Å². The molecule has 3 heterocycles. The van der Waals surface area contributed by atoms with Crippen molar-refractivity contribution < 1.29 is 14.6 Å². The Labute approximate surface area is 188 Å². The van der Waals surface area contributed by atoms with E-state index in [2.05, 4.69) is 47.1 Å². The highest BCUT2D eigenvalue weighted by molar-refractivity contribution is 6.01. The number of H-pyrrole nitrogens is 1. The first-order chi connectivity index (χ1) is 15.5. The Morgan fingerprint density at radius 2 is 1.94 bits per heavy atom. The number of nitrogens with zero attached hydrogens (tertiary/aromatic N) is 3. The van der Waals surface area contributed by atoms with E-state index in [1.54, 1.807) is 12.1 Å². The largest absolute Gasteiger partial charge is 0.507 e. The van der Waals surface area contributed by atoms with Crippen LogP contribution in [0.15, 0.2) is 30.3 Å². The van der Waals surface area contributed by atoms with E-state index in [9.17, 15) is 9.90 Å². The fraction of sp³-hybridized carbons (Fsp3) is 0.440. The van der Waals surface area contributed by atoms with Crippen molar-refractivity contribution in [2.45, 2.75) is 39.9 Å². The molecule has 5 rings (SSSR count). The Morgan fingerprint density at radius 1 is 1.16 bits per heavy atom. The predicted octanol–water partition coefficient (Wildman–Crippen LogP) is 3.46. The summed E-state index contributed by atoms with van der Waals surface area (Å²) in [5.74, 6) is 0.299. The molecule has 168 valence electrons. The number of amides is 1. The predicted molar refractivity (Wildman–Crippen MR) is 122 cm³/mol. The van der Waals surface area contributed by atoms with Crippen LogP contribution in [0, 0.1) is 5.92 Å². The lowest BCUT2D eigenvalue weighted by Crippen LogP contribution is -2.35. The summed E-state index contributed by atoms with van der Waals surface area (Å²) in [4.78, 5) is 17.6. The number of nitrogens with one attached hydrogen (secondary N) is 1. The van der Waals surface area contributed by atoms with Crippen molar-refractivity contribution in [3.8, 4) is 5.75 Å². The van der Waals surface area contributed by atoms with E-state index in [0.717, 1.165) is 55.9 Å². The summed E-state index contributed by atoms with van der Waals surface area (Å²) in [6.07, 6.45) is 0.819. The molecule has 2 aliphatic heterocycles. The van der Waals surface area contributed by atoms with E-state index < -0.39 is 0 Å². The smallest absolute Gasteiger partial charge is 0.258 e. The van der Waals surface area contributed by atoms with E-state index in [0.29, 0.717) is 24.6 Å². The number of morpholine rings is 1. The second-order valence-corrected chi connectivity index (χ2v) is 9.34. The van der Waals surface area contributed by atoms with Crippen molar-refractivity contribution in [2.75, 3.05) is 26.3 Å². The molecule has 1 amide bonds. The number of ether oxygens (including phenoxy) is 1. The van der Waals surface area contributed by atoms with Crippen molar-refractivity contribution in [3.63, 3.8) is 0 Å². The molecule has 0 atom stereocenters. The number of benzene rings is 2. The summed E-state index contributed by atoms with van der Waals surface area (Å²) < 4.78 is 5.44. The Balaban J connectivity index is 1.35. The highest BCUT2D eigenvalue weighted by Crippen LogP contribution is 2.31. The minimum Gasteiger partial charge on any atom is -0.507 e. The molecule has 0 spiro atoms. The van der Waals surface area contributed by atoms with Crippen molar-refractivity contribution in [1.29, 1.82) is 0 Å². The maximum atomic E-state index is 13.4. The van der Waals surface area contributed by atoms with Gasteiger partial charge in [-0.1, -0.05) is 32.0 Å². The van der Waals surface area contributed by atoms with Crippen LogP contribution in [0.4, 0.5) is 0 Å². The van der Waals surface area contributed by atoms with Gasteiger partial charge in [-0.25, -0.2) is 0 Å². The first-order valence-corrected chi connectivity index (χ1v) is 11.4. The number of hydrogen-bond acceptors (Lipinski definition) is 5. The van der Waals surface area contributed by atoms with Gasteiger partial charge in [-0.15, -0.1) is 0 Å². The monoisotopic (exact) mass is 434 g/mol. The fourth-order valence-electron chi connectivity index (χ4n) is 4.70. The SMILES string of the molecule is CC(C)Cc1n[nH]c2cc(O)c(C(=O)N3Cc4ccc(CN5CCOCC5)cc4C3)cc12. The summed E-state index contributed by atoms with van der Waals surface area (Å²) in [6, 6.07) is 9.93. The number of carbonyl (C=O) groups excluding carboxylic acids is 1. The first-order valence-electron chi connectivity index (χ1n) is 11.4.